The summed E-state index contributed by atoms with van der Waals surface area (Å²) in [5.74, 6) is 2.16. The van der Waals surface area contributed by atoms with Gasteiger partial charge in [-0.2, -0.15) is 37.9 Å². The monoisotopic (exact) mass is 734 g/mol. The lowest BCUT2D eigenvalue weighted by atomic mass is 9.88. The van der Waals surface area contributed by atoms with E-state index in [9.17, 15) is 14.4 Å². The average Bonchev–Trinajstić information content (AvgIpc) is 3.09. The molecule has 0 aromatic heterocycles. The van der Waals surface area contributed by atoms with E-state index in [0.717, 1.165) is 75.0 Å². The predicted molar refractivity (Wildman–Crippen MR) is 212 cm³/mol. The van der Waals surface area contributed by atoms with Crippen LogP contribution in [0.3, 0.4) is 0 Å². The summed E-state index contributed by atoms with van der Waals surface area (Å²) in [6.45, 7) is 2.20. The summed E-state index contributed by atoms with van der Waals surface area (Å²) in [7, 11) is 0. The SMILES string of the molecule is CCC(COC(=O)CCCCCCCCCCS)(COC(=O)CCCCCCCCCCS)COC(=O)CCCCCCCCCCS. The minimum Gasteiger partial charge on any atom is -0.465 e. The van der Waals surface area contributed by atoms with Crippen LogP contribution in [0.25, 0.3) is 0 Å². The number of rotatable bonds is 37. The van der Waals surface area contributed by atoms with Crippen LogP contribution >= 0.6 is 37.9 Å². The maximum atomic E-state index is 12.6. The number of carbonyl (C=O) groups is 3. The third-order valence-electron chi connectivity index (χ3n) is 9.24. The molecule has 6 nitrogen and oxygen atoms in total. The Morgan fingerprint density at radius 1 is 0.375 bits per heavy atom. The van der Waals surface area contributed by atoms with Crippen molar-refractivity contribution in [1.82, 2.24) is 0 Å². The molecule has 0 aliphatic heterocycles. The third-order valence-corrected chi connectivity index (χ3v) is 10.2. The molecule has 284 valence electrons. The first-order valence-corrected chi connectivity index (χ1v) is 21.6. The summed E-state index contributed by atoms with van der Waals surface area (Å²) >= 11 is 12.8. The van der Waals surface area contributed by atoms with E-state index in [0.29, 0.717) is 25.7 Å². The van der Waals surface area contributed by atoms with Crippen LogP contribution in [0, 0.1) is 5.41 Å². The van der Waals surface area contributed by atoms with Crippen molar-refractivity contribution in [2.24, 2.45) is 5.41 Å². The summed E-state index contributed by atoms with van der Waals surface area (Å²) in [6, 6.07) is 0. The maximum Gasteiger partial charge on any atom is 0.305 e. The molecule has 0 bridgehead atoms. The molecule has 0 N–H and O–H groups in total. The number of thiol groups is 3. The van der Waals surface area contributed by atoms with Gasteiger partial charge >= 0.3 is 17.9 Å². The molecule has 0 spiro atoms. The Morgan fingerprint density at radius 3 is 0.792 bits per heavy atom. The van der Waals surface area contributed by atoms with Gasteiger partial charge in [0.15, 0.2) is 0 Å². The Labute approximate surface area is 312 Å². The van der Waals surface area contributed by atoms with Crippen LogP contribution in [0.2, 0.25) is 0 Å². The van der Waals surface area contributed by atoms with Crippen LogP contribution in [0.1, 0.15) is 187 Å². The Balaban J connectivity index is 4.65. The van der Waals surface area contributed by atoms with Crippen molar-refractivity contribution in [2.75, 3.05) is 37.1 Å². The average molecular weight is 735 g/mol. The Bertz CT molecular complexity index is 658. The van der Waals surface area contributed by atoms with Gasteiger partial charge in [0.1, 0.15) is 19.8 Å². The predicted octanol–water partition coefficient (Wildman–Crippen LogP) is 11.3. The zero-order valence-corrected chi connectivity index (χ0v) is 33.5. The van der Waals surface area contributed by atoms with Gasteiger partial charge in [-0.1, -0.05) is 122 Å². The highest BCUT2D eigenvalue weighted by atomic mass is 32.1. The van der Waals surface area contributed by atoms with Gasteiger partial charge in [0.2, 0.25) is 0 Å². The highest BCUT2D eigenvalue weighted by molar-refractivity contribution is 7.80. The fourth-order valence-electron chi connectivity index (χ4n) is 5.67. The van der Waals surface area contributed by atoms with Crippen molar-refractivity contribution in [2.45, 2.75) is 187 Å². The zero-order valence-electron chi connectivity index (χ0n) is 30.8. The minimum atomic E-state index is -0.742. The van der Waals surface area contributed by atoms with Gasteiger partial charge in [0.05, 0.1) is 5.41 Å². The van der Waals surface area contributed by atoms with Crippen molar-refractivity contribution in [3.63, 3.8) is 0 Å². The van der Waals surface area contributed by atoms with E-state index in [-0.39, 0.29) is 37.7 Å². The van der Waals surface area contributed by atoms with Crippen LogP contribution in [-0.2, 0) is 28.6 Å². The van der Waals surface area contributed by atoms with Gasteiger partial charge < -0.3 is 14.2 Å². The Kier molecular flexibility index (Phi) is 35.8. The quantitative estimate of drug-likeness (QED) is 0.0255. The summed E-state index contributed by atoms with van der Waals surface area (Å²) < 4.78 is 17.2. The van der Waals surface area contributed by atoms with Crippen LogP contribution < -0.4 is 0 Å². The molecule has 0 unspecified atom stereocenters. The van der Waals surface area contributed by atoms with Crippen molar-refractivity contribution >= 4 is 55.8 Å². The molecule has 0 rings (SSSR count). The second-order valence-electron chi connectivity index (χ2n) is 13.7. The van der Waals surface area contributed by atoms with Crippen LogP contribution in [-0.4, -0.2) is 55.0 Å². The molecule has 0 aromatic rings. The molecule has 0 radical (unpaired) electrons. The lowest BCUT2D eigenvalue weighted by Crippen LogP contribution is -2.39. The van der Waals surface area contributed by atoms with E-state index in [4.69, 9.17) is 14.2 Å². The first-order valence-electron chi connectivity index (χ1n) is 19.7. The van der Waals surface area contributed by atoms with Crippen molar-refractivity contribution in [3.8, 4) is 0 Å². The molecule has 0 aliphatic carbocycles. The number of unbranched alkanes of at least 4 members (excludes halogenated alkanes) is 21. The van der Waals surface area contributed by atoms with E-state index in [1.807, 2.05) is 6.92 Å². The Hall–Kier alpha value is -0.540. The normalized spacial score (nSPS) is 11.5. The first-order chi connectivity index (χ1) is 23.4. The van der Waals surface area contributed by atoms with E-state index < -0.39 is 5.41 Å². The van der Waals surface area contributed by atoms with Gasteiger partial charge in [-0.15, -0.1) is 0 Å². The van der Waals surface area contributed by atoms with E-state index in [1.54, 1.807) is 0 Å². The largest absolute Gasteiger partial charge is 0.465 e. The molecular formula is C39H74O6S3. The van der Waals surface area contributed by atoms with E-state index in [1.165, 1.54) is 96.3 Å². The molecule has 0 heterocycles. The second kappa shape index (κ2) is 36.3. The second-order valence-corrected chi connectivity index (χ2v) is 15.1. The van der Waals surface area contributed by atoms with Gasteiger partial charge in [-0.3, -0.25) is 14.4 Å². The molecule has 48 heavy (non-hydrogen) atoms. The van der Waals surface area contributed by atoms with E-state index in [2.05, 4.69) is 37.9 Å². The highest BCUT2D eigenvalue weighted by Crippen LogP contribution is 2.26. The van der Waals surface area contributed by atoms with Crippen LogP contribution in [0.5, 0.6) is 0 Å². The Morgan fingerprint density at radius 2 is 0.583 bits per heavy atom. The summed E-state index contributed by atoms with van der Waals surface area (Å²) in [6.07, 6.45) is 28.9. The number of hydrogen-bond donors (Lipinski definition) is 3. The first kappa shape index (κ1) is 47.5. The summed E-state index contributed by atoms with van der Waals surface area (Å²) in [5.41, 5.74) is -0.742. The van der Waals surface area contributed by atoms with E-state index >= 15 is 0 Å². The minimum absolute atomic E-state index is 0.0779. The molecule has 0 aromatic carbocycles. The summed E-state index contributed by atoms with van der Waals surface area (Å²) in [5, 5.41) is 0. The molecule has 0 fully saturated rings. The van der Waals surface area contributed by atoms with Gasteiger partial charge in [-0.25, -0.2) is 0 Å². The van der Waals surface area contributed by atoms with Crippen LogP contribution in [0.4, 0.5) is 0 Å². The fraction of sp³-hybridized carbons (Fsp3) is 0.923. The zero-order chi connectivity index (χ0) is 35.4. The summed E-state index contributed by atoms with van der Waals surface area (Å²) in [4.78, 5) is 37.9. The number of carbonyl (C=O) groups excluding carboxylic acids is 3. The standard InChI is InChI=1S/C39H74O6S3/c1-2-39(33-43-36(40)27-21-15-9-3-6-12-18-24-30-46,34-44-37(41)28-22-16-10-4-7-13-19-25-31-47)35-45-38(42)29-23-17-11-5-8-14-20-26-32-48/h46-48H,2-35H2,1H3. The molecule has 0 aliphatic rings. The van der Waals surface area contributed by atoms with Crippen LogP contribution in [0.15, 0.2) is 0 Å². The molecular weight excluding hydrogens is 661 g/mol. The lowest BCUT2D eigenvalue weighted by Gasteiger charge is -2.31. The van der Waals surface area contributed by atoms with Crippen molar-refractivity contribution < 1.29 is 28.6 Å². The smallest absolute Gasteiger partial charge is 0.305 e. The molecule has 0 saturated carbocycles. The maximum absolute atomic E-state index is 12.6. The highest BCUT2D eigenvalue weighted by Gasteiger charge is 2.34. The lowest BCUT2D eigenvalue weighted by molar-refractivity contribution is -0.162. The van der Waals surface area contributed by atoms with Gasteiger partial charge in [-0.05, 0) is 62.2 Å². The topological polar surface area (TPSA) is 78.9 Å². The number of esters is 3. The molecule has 0 saturated heterocycles. The number of ether oxygens (including phenoxy) is 3. The molecule has 9 heteroatoms. The fourth-order valence-corrected chi connectivity index (χ4v) is 6.34. The third kappa shape index (κ3) is 31.4. The van der Waals surface area contributed by atoms with Gasteiger partial charge in [0.25, 0.3) is 0 Å². The van der Waals surface area contributed by atoms with Crippen molar-refractivity contribution in [3.05, 3.63) is 0 Å². The van der Waals surface area contributed by atoms with Gasteiger partial charge in [0, 0.05) is 19.3 Å². The molecule has 0 atom stereocenters. The number of hydrogen-bond acceptors (Lipinski definition) is 9. The molecule has 0 amide bonds. The van der Waals surface area contributed by atoms with Crippen molar-refractivity contribution in [1.29, 1.82) is 0 Å².